The van der Waals surface area contributed by atoms with E-state index in [1.54, 1.807) is 30.6 Å². The average molecular weight is 279 g/mol. The molecule has 1 N–H and O–H groups in total. The number of benzene rings is 1. The van der Waals surface area contributed by atoms with Crippen LogP contribution in [0.5, 0.6) is 0 Å². The van der Waals surface area contributed by atoms with Crippen LogP contribution in [0.3, 0.4) is 0 Å². The van der Waals surface area contributed by atoms with Gasteiger partial charge in [-0.05, 0) is 42.8 Å². The lowest BCUT2D eigenvalue weighted by Gasteiger charge is -2.03. The van der Waals surface area contributed by atoms with Gasteiger partial charge in [-0.1, -0.05) is 12.1 Å². The first-order chi connectivity index (χ1) is 9.28. The number of methoxy groups -OCH3 is 1. The van der Waals surface area contributed by atoms with Crippen molar-refractivity contribution in [3.63, 3.8) is 0 Å². The van der Waals surface area contributed by atoms with Gasteiger partial charge in [0.2, 0.25) is 0 Å². The van der Waals surface area contributed by atoms with Gasteiger partial charge in [0.25, 0.3) is 0 Å². The summed E-state index contributed by atoms with van der Waals surface area (Å²) in [7, 11) is 1.70. The van der Waals surface area contributed by atoms with Crippen LogP contribution in [0, 0.1) is 5.82 Å². The molecule has 0 aliphatic heterocycles. The molecular weight excluding hydrogens is 261 g/mol. The summed E-state index contributed by atoms with van der Waals surface area (Å²) in [5.74, 6) is -0.167. The molecule has 1 heterocycles. The number of halogens is 1. The second-order valence-corrected chi connectivity index (χ2v) is 5.61. The molecule has 0 bridgehead atoms. The summed E-state index contributed by atoms with van der Waals surface area (Å²) in [6.45, 7) is 2.37. The second kappa shape index (κ2) is 7.38. The lowest BCUT2D eigenvalue weighted by molar-refractivity contribution is 0.187. The highest BCUT2D eigenvalue weighted by Gasteiger charge is 2.00. The zero-order chi connectivity index (χ0) is 13.5. The van der Waals surface area contributed by atoms with Crippen molar-refractivity contribution in [3.8, 4) is 0 Å². The number of ether oxygens (including phenoxy) is 1. The molecule has 2 rings (SSSR count). The van der Waals surface area contributed by atoms with E-state index in [9.17, 15) is 4.39 Å². The van der Waals surface area contributed by atoms with Gasteiger partial charge in [-0.15, -0.1) is 11.3 Å². The first-order valence-corrected chi connectivity index (χ1v) is 7.11. The molecule has 0 unspecified atom stereocenters. The molecule has 102 valence electrons. The van der Waals surface area contributed by atoms with E-state index in [1.807, 2.05) is 6.07 Å². The third kappa shape index (κ3) is 4.74. The van der Waals surface area contributed by atoms with Crippen molar-refractivity contribution in [2.24, 2.45) is 0 Å². The van der Waals surface area contributed by atoms with Crippen molar-refractivity contribution < 1.29 is 9.13 Å². The predicted octanol–water partition coefficient (Wildman–Crippen LogP) is 3.37. The van der Waals surface area contributed by atoms with E-state index in [0.29, 0.717) is 6.61 Å². The van der Waals surface area contributed by atoms with Crippen LogP contribution in [0.1, 0.15) is 15.3 Å². The van der Waals surface area contributed by atoms with Gasteiger partial charge < -0.3 is 10.1 Å². The van der Waals surface area contributed by atoms with E-state index in [4.69, 9.17) is 4.74 Å². The van der Waals surface area contributed by atoms with E-state index in [0.717, 1.165) is 25.1 Å². The van der Waals surface area contributed by atoms with Crippen LogP contribution in [0.2, 0.25) is 0 Å². The second-order valence-electron chi connectivity index (χ2n) is 4.36. The Hall–Kier alpha value is -1.23. The van der Waals surface area contributed by atoms with Crippen LogP contribution in [0.15, 0.2) is 36.4 Å². The van der Waals surface area contributed by atoms with E-state index < -0.39 is 0 Å². The molecular formula is C15H18FNOS. The molecule has 4 heteroatoms. The maximum absolute atomic E-state index is 13.0. The summed E-state index contributed by atoms with van der Waals surface area (Å²) in [5.41, 5.74) is 1.03. The topological polar surface area (TPSA) is 21.3 Å². The van der Waals surface area contributed by atoms with Crippen LogP contribution in [0.25, 0.3) is 0 Å². The van der Waals surface area contributed by atoms with Gasteiger partial charge in [0.15, 0.2) is 0 Å². The Labute approximate surface area is 117 Å². The fourth-order valence-electron chi connectivity index (χ4n) is 1.87. The smallest absolute Gasteiger partial charge is 0.123 e. The van der Waals surface area contributed by atoms with Crippen LogP contribution in [-0.2, 0) is 24.3 Å². The van der Waals surface area contributed by atoms with Crippen LogP contribution in [0.4, 0.5) is 4.39 Å². The van der Waals surface area contributed by atoms with Crippen LogP contribution >= 0.6 is 11.3 Å². The number of nitrogens with one attached hydrogen (secondary N) is 1. The van der Waals surface area contributed by atoms with Gasteiger partial charge in [0.1, 0.15) is 5.82 Å². The van der Waals surface area contributed by atoms with Crippen LogP contribution < -0.4 is 5.32 Å². The molecule has 0 aliphatic carbocycles. The first-order valence-electron chi connectivity index (χ1n) is 6.29. The van der Waals surface area contributed by atoms with Crippen molar-refractivity contribution in [1.82, 2.24) is 5.32 Å². The highest BCUT2D eigenvalue weighted by Crippen LogP contribution is 2.16. The Kier molecular flexibility index (Phi) is 5.51. The molecule has 0 radical (unpaired) electrons. The Morgan fingerprint density at radius 3 is 2.84 bits per heavy atom. The zero-order valence-corrected chi connectivity index (χ0v) is 11.8. The molecule has 2 nitrogen and oxygen atoms in total. The summed E-state index contributed by atoms with van der Waals surface area (Å²) < 4.78 is 18.1. The first kappa shape index (κ1) is 14.2. The standard InChI is InChI=1S/C15H18FNOS/c1-18-11-15-6-5-14(19-15)10-17-8-7-12-3-2-4-13(16)9-12/h2-6,9,17H,7-8,10-11H2,1H3. The average Bonchev–Trinajstić information content (AvgIpc) is 2.83. The molecule has 0 amide bonds. The molecule has 19 heavy (non-hydrogen) atoms. The maximum atomic E-state index is 13.0. The van der Waals surface area contributed by atoms with Gasteiger partial charge in [0.05, 0.1) is 6.61 Å². The molecule has 0 saturated carbocycles. The molecule has 0 spiro atoms. The Morgan fingerprint density at radius 2 is 2.05 bits per heavy atom. The zero-order valence-electron chi connectivity index (χ0n) is 11.0. The van der Waals surface area contributed by atoms with E-state index in [2.05, 4.69) is 17.4 Å². The highest BCUT2D eigenvalue weighted by molar-refractivity contribution is 7.11. The third-order valence-corrected chi connectivity index (χ3v) is 3.84. The quantitative estimate of drug-likeness (QED) is 0.785. The molecule has 0 saturated heterocycles. The van der Waals surface area contributed by atoms with E-state index in [1.165, 1.54) is 15.8 Å². The number of hydrogen-bond donors (Lipinski definition) is 1. The number of thiophene rings is 1. The fraction of sp³-hybridized carbons (Fsp3) is 0.333. The Bertz CT molecular complexity index is 512. The lowest BCUT2D eigenvalue weighted by atomic mass is 10.1. The van der Waals surface area contributed by atoms with Gasteiger partial charge in [-0.25, -0.2) is 4.39 Å². The fourth-order valence-corrected chi connectivity index (χ4v) is 2.83. The van der Waals surface area contributed by atoms with Gasteiger partial charge in [-0.3, -0.25) is 0 Å². The largest absolute Gasteiger partial charge is 0.379 e. The van der Waals surface area contributed by atoms with Crippen molar-refractivity contribution >= 4 is 11.3 Å². The maximum Gasteiger partial charge on any atom is 0.123 e. The summed E-state index contributed by atoms with van der Waals surface area (Å²) in [6.07, 6.45) is 0.841. The minimum Gasteiger partial charge on any atom is -0.379 e. The third-order valence-electron chi connectivity index (χ3n) is 2.78. The Balaban J connectivity index is 1.71. The van der Waals surface area contributed by atoms with Gasteiger partial charge in [-0.2, -0.15) is 0 Å². The lowest BCUT2D eigenvalue weighted by Crippen LogP contribution is -2.15. The summed E-state index contributed by atoms with van der Waals surface area (Å²) >= 11 is 1.76. The van der Waals surface area contributed by atoms with Crippen molar-refractivity contribution in [2.75, 3.05) is 13.7 Å². The minimum atomic E-state index is -0.167. The van der Waals surface area contributed by atoms with Crippen molar-refractivity contribution in [3.05, 3.63) is 57.5 Å². The molecule has 0 aliphatic rings. The molecule has 0 fully saturated rings. The Morgan fingerprint density at radius 1 is 1.21 bits per heavy atom. The van der Waals surface area contributed by atoms with Crippen molar-refractivity contribution in [2.45, 2.75) is 19.6 Å². The number of rotatable bonds is 7. The normalized spacial score (nSPS) is 10.8. The van der Waals surface area contributed by atoms with Gasteiger partial charge >= 0.3 is 0 Å². The molecule has 2 aromatic rings. The minimum absolute atomic E-state index is 0.167. The summed E-state index contributed by atoms with van der Waals surface area (Å²) in [5, 5.41) is 3.37. The predicted molar refractivity (Wildman–Crippen MR) is 76.8 cm³/mol. The molecule has 1 aromatic carbocycles. The summed E-state index contributed by atoms with van der Waals surface area (Å²) in [4.78, 5) is 2.54. The molecule has 0 atom stereocenters. The van der Waals surface area contributed by atoms with E-state index >= 15 is 0 Å². The van der Waals surface area contributed by atoms with Crippen molar-refractivity contribution in [1.29, 1.82) is 0 Å². The monoisotopic (exact) mass is 279 g/mol. The van der Waals surface area contributed by atoms with Crippen LogP contribution in [-0.4, -0.2) is 13.7 Å². The van der Waals surface area contributed by atoms with Gasteiger partial charge in [0, 0.05) is 23.4 Å². The highest BCUT2D eigenvalue weighted by atomic mass is 32.1. The van der Waals surface area contributed by atoms with E-state index in [-0.39, 0.29) is 5.82 Å². The SMILES string of the molecule is COCc1ccc(CNCCc2cccc(F)c2)s1. The summed E-state index contributed by atoms with van der Waals surface area (Å²) in [6, 6.07) is 11.0. The number of hydrogen-bond acceptors (Lipinski definition) is 3. The molecule has 1 aromatic heterocycles.